The number of ketones is 1. The van der Waals surface area contributed by atoms with Crippen LogP contribution in [-0.2, 0) is 5.41 Å². The fourth-order valence-electron chi connectivity index (χ4n) is 2.71. The average Bonchev–Trinajstić information content (AvgIpc) is 2.66. The van der Waals surface area contributed by atoms with Gasteiger partial charge >= 0.3 is 0 Å². The minimum absolute atomic E-state index is 0.00188. The number of fused-ring (bicyclic) bond motifs is 1. The van der Waals surface area contributed by atoms with Crippen molar-refractivity contribution in [2.45, 2.75) is 19.3 Å². The minimum Gasteiger partial charge on any atom is -0.288 e. The molecule has 3 rings (SSSR count). The normalized spacial score (nSPS) is 11.2. The van der Waals surface area contributed by atoms with Crippen LogP contribution >= 0.6 is 15.9 Å². The highest BCUT2D eigenvalue weighted by atomic mass is 79.9. The van der Waals surface area contributed by atoms with E-state index in [0.29, 0.717) is 16.5 Å². The monoisotopic (exact) mass is 407 g/mol. The smallest absolute Gasteiger partial charge is 0.196 e. The third-order valence-corrected chi connectivity index (χ3v) is 4.78. The number of nitroso groups, excluding NO2 is 1. The highest BCUT2D eigenvalue weighted by Gasteiger charge is 2.22. The van der Waals surface area contributed by atoms with E-state index in [2.05, 4.69) is 32.2 Å². The van der Waals surface area contributed by atoms with Gasteiger partial charge in [-0.05, 0) is 42.8 Å². The Kier molecular flexibility index (Phi) is 4.66. The second-order valence-corrected chi connectivity index (χ2v) is 7.33. The van der Waals surface area contributed by atoms with Gasteiger partial charge in [0, 0.05) is 15.4 Å². The summed E-state index contributed by atoms with van der Waals surface area (Å²) in [5.74, 6) is -0.314. The molecular weight excluding hydrogens is 394 g/mol. The van der Waals surface area contributed by atoms with Crippen molar-refractivity contribution in [1.29, 1.82) is 5.26 Å². The van der Waals surface area contributed by atoms with Crippen LogP contribution in [-0.4, -0.2) is 10.8 Å². The fourth-order valence-corrected chi connectivity index (χ4v) is 3.07. The fraction of sp³-hybridized carbons (Fsp3) is 0.150. The molecule has 0 fully saturated rings. The Balaban J connectivity index is 2.15. The van der Waals surface area contributed by atoms with Crippen LogP contribution < -0.4 is 0 Å². The molecule has 0 saturated carbocycles. The Labute approximate surface area is 158 Å². The summed E-state index contributed by atoms with van der Waals surface area (Å²) in [7, 11) is 0. The zero-order chi connectivity index (χ0) is 18.9. The molecule has 0 aliphatic heterocycles. The van der Waals surface area contributed by atoms with Gasteiger partial charge in [-0.2, -0.15) is 5.26 Å². The third kappa shape index (κ3) is 3.14. The lowest BCUT2D eigenvalue weighted by atomic mass is 9.85. The van der Waals surface area contributed by atoms with Gasteiger partial charge in [0.15, 0.2) is 5.78 Å². The SMILES string of the molecule is CC(C)(C#N)c1ccc(C(=O)c2c(N=O)cnc3ccc(Br)cc23)cc1. The van der Waals surface area contributed by atoms with Crippen LogP contribution in [0.15, 0.2) is 58.3 Å². The highest BCUT2D eigenvalue weighted by molar-refractivity contribution is 9.10. The summed E-state index contributed by atoms with van der Waals surface area (Å²) in [5.41, 5.74) is 1.41. The van der Waals surface area contributed by atoms with Crippen LogP contribution in [0.5, 0.6) is 0 Å². The molecule has 0 aliphatic carbocycles. The van der Waals surface area contributed by atoms with Crippen molar-refractivity contribution in [2.75, 3.05) is 0 Å². The van der Waals surface area contributed by atoms with Crippen molar-refractivity contribution in [1.82, 2.24) is 4.98 Å². The summed E-state index contributed by atoms with van der Waals surface area (Å²) in [4.78, 5) is 28.5. The number of hydrogen-bond donors (Lipinski definition) is 0. The second kappa shape index (κ2) is 6.77. The third-order valence-electron chi connectivity index (χ3n) is 4.28. The van der Waals surface area contributed by atoms with Crippen LogP contribution in [0.1, 0.15) is 35.3 Å². The Morgan fingerprint density at radius 1 is 1.19 bits per heavy atom. The molecule has 1 heterocycles. The quantitative estimate of drug-likeness (QED) is 0.426. The maximum absolute atomic E-state index is 13.1. The van der Waals surface area contributed by atoms with Gasteiger partial charge in [-0.1, -0.05) is 40.2 Å². The number of pyridine rings is 1. The summed E-state index contributed by atoms with van der Waals surface area (Å²) in [6.45, 7) is 3.62. The van der Waals surface area contributed by atoms with Gasteiger partial charge in [-0.3, -0.25) is 9.78 Å². The lowest BCUT2D eigenvalue weighted by Gasteiger charge is -2.16. The number of halogens is 1. The molecular formula is C20H14BrN3O2. The molecule has 128 valence electrons. The Morgan fingerprint density at radius 3 is 2.50 bits per heavy atom. The molecule has 26 heavy (non-hydrogen) atoms. The number of carbonyl (C=O) groups excluding carboxylic acids is 1. The van der Waals surface area contributed by atoms with Crippen LogP contribution in [0.25, 0.3) is 10.9 Å². The van der Waals surface area contributed by atoms with E-state index in [4.69, 9.17) is 0 Å². The first kappa shape index (κ1) is 17.9. The van der Waals surface area contributed by atoms with Gasteiger partial charge in [0.25, 0.3) is 0 Å². The molecule has 2 aromatic carbocycles. The second-order valence-electron chi connectivity index (χ2n) is 6.41. The van der Waals surface area contributed by atoms with E-state index in [0.717, 1.165) is 10.0 Å². The van der Waals surface area contributed by atoms with E-state index in [1.54, 1.807) is 36.4 Å². The summed E-state index contributed by atoms with van der Waals surface area (Å²) < 4.78 is 0.773. The Hall–Kier alpha value is -2.91. The first-order chi connectivity index (χ1) is 12.4. The molecule has 0 aliphatic rings. The van der Waals surface area contributed by atoms with Crippen LogP contribution in [0.2, 0.25) is 0 Å². The number of nitriles is 1. The van der Waals surface area contributed by atoms with Gasteiger partial charge in [0.1, 0.15) is 5.69 Å². The zero-order valence-corrected chi connectivity index (χ0v) is 15.7. The van der Waals surface area contributed by atoms with Crippen LogP contribution in [0.4, 0.5) is 5.69 Å². The van der Waals surface area contributed by atoms with E-state index in [9.17, 15) is 15.0 Å². The van der Waals surface area contributed by atoms with Crippen LogP contribution in [0.3, 0.4) is 0 Å². The maximum Gasteiger partial charge on any atom is 0.196 e. The van der Waals surface area contributed by atoms with E-state index in [-0.39, 0.29) is 17.0 Å². The zero-order valence-electron chi connectivity index (χ0n) is 14.2. The number of aromatic nitrogens is 1. The molecule has 0 atom stereocenters. The first-order valence-electron chi connectivity index (χ1n) is 7.85. The number of hydrogen-bond acceptors (Lipinski definition) is 5. The van der Waals surface area contributed by atoms with E-state index < -0.39 is 5.41 Å². The summed E-state index contributed by atoms with van der Waals surface area (Å²) in [6.07, 6.45) is 1.31. The first-order valence-corrected chi connectivity index (χ1v) is 8.65. The summed E-state index contributed by atoms with van der Waals surface area (Å²) in [5, 5.41) is 12.8. The van der Waals surface area contributed by atoms with Gasteiger partial charge in [-0.25, -0.2) is 0 Å². The van der Waals surface area contributed by atoms with Gasteiger partial charge in [0.05, 0.1) is 28.8 Å². The number of nitrogens with zero attached hydrogens (tertiary/aromatic N) is 3. The standard InChI is InChI=1S/C20H14BrN3O2/c1-20(2,11-22)13-5-3-12(4-6-13)19(25)18-15-9-14(21)7-8-16(15)23-10-17(18)24-26/h3-10H,1-2H3. The summed E-state index contributed by atoms with van der Waals surface area (Å²) in [6, 6.07) is 14.4. The maximum atomic E-state index is 13.1. The largest absolute Gasteiger partial charge is 0.288 e. The van der Waals surface area contributed by atoms with Gasteiger partial charge in [-0.15, -0.1) is 4.91 Å². The molecule has 0 bridgehead atoms. The average molecular weight is 408 g/mol. The van der Waals surface area contributed by atoms with Gasteiger partial charge in [0.2, 0.25) is 0 Å². The molecule has 0 unspecified atom stereocenters. The Morgan fingerprint density at radius 2 is 1.88 bits per heavy atom. The van der Waals surface area contributed by atoms with Crippen molar-refractivity contribution in [3.63, 3.8) is 0 Å². The number of carbonyl (C=O) groups is 1. The van der Waals surface area contributed by atoms with Crippen molar-refractivity contribution in [2.24, 2.45) is 5.18 Å². The van der Waals surface area contributed by atoms with E-state index in [1.807, 2.05) is 19.9 Å². The summed E-state index contributed by atoms with van der Waals surface area (Å²) >= 11 is 3.38. The molecule has 0 spiro atoms. The van der Waals surface area contributed by atoms with Crippen LogP contribution in [0, 0.1) is 16.2 Å². The molecule has 3 aromatic rings. The van der Waals surface area contributed by atoms with Crippen molar-refractivity contribution in [3.8, 4) is 6.07 Å². The lowest BCUT2D eigenvalue weighted by Crippen LogP contribution is -2.14. The predicted molar refractivity (Wildman–Crippen MR) is 103 cm³/mol. The number of benzene rings is 2. The molecule has 0 radical (unpaired) electrons. The van der Waals surface area contributed by atoms with Crippen molar-refractivity contribution >= 4 is 38.3 Å². The number of rotatable bonds is 4. The lowest BCUT2D eigenvalue weighted by molar-refractivity contribution is 0.104. The van der Waals surface area contributed by atoms with E-state index in [1.165, 1.54) is 6.20 Å². The molecule has 0 saturated heterocycles. The van der Waals surface area contributed by atoms with Crippen molar-refractivity contribution in [3.05, 3.63) is 74.7 Å². The molecule has 1 aromatic heterocycles. The van der Waals surface area contributed by atoms with Crippen molar-refractivity contribution < 1.29 is 4.79 Å². The highest BCUT2D eigenvalue weighted by Crippen LogP contribution is 2.31. The molecule has 0 N–H and O–H groups in total. The molecule has 5 nitrogen and oxygen atoms in total. The van der Waals surface area contributed by atoms with E-state index >= 15 is 0 Å². The van der Waals surface area contributed by atoms with Gasteiger partial charge < -0.3 is 0 Å². The molecule has 6 heteroatoms. The predicted octanol–water partition coefficient (Wildman–Crippen LogP) is 5.43. The molecule has 0 amide bonds. The Bertz CT molecular complexity index is 1070. The topological polar surface area (TPSA) is 83.2 Å². The minimum atomic E-state index is -0.648.